The lowest BCUT2D eigenvalue weighted by atomic mass is 9.77. The van der Waals surface area contributed by atoms with Crippen LogP contribution in [0.1, 0.15) is 29.3 Å². The van der Waals surface area contributed by atoms with Crippen molar-refractivity contribution in [3.63, 3.8) is 0 Å². The van der Waals surface area contributed by atoms with Gasteiger partial charge in [-0.1, -0.05) is 18.2 Å². The van der Waals surface area contributed by atoms with E-state index >= 15 is 0 Å². The van der Waals surface area contributed by atoms with Crippen LogP contribution in [0.5, 0.6) is 5.75 Å². The van der Waals surface area contributed by atoms with E-state index in [1.807, 2.05) is 0 Å². The molecule has 3 aromatic heterocycles. The Morgan fingerprint density at radius 2 is 1.89 bits per heavy atom. The standard InChI is InChI=1S/C25H18F2N8O2/c1-25(13-4-7-18(36)15(27)9-13)19-20(28)32-21(33-22(19)34-24(25)37)17-10-35-23(29-11-30-35)16(31-17)8-12-2-5-14(26)6-3-12/h2-7,9-11,36H,8H2,1H3,(H3,28,32,33,34,37). The Balaban J connectivity index is 1.45. The second-order valence-electron chi connectivity index (χ2n) is 8.81. The number of nitrogens with zero attached hydrogens (tertiary/aromatic N) is 6. The minimum absolute atomic E-state index is 0.00917. The van der Waals surface area contributed by atoms with Gasteiger partial charge in [0.1, 0.15) is 34.9 Å². The topological polar surface area (TPSA) is 144 Å². The fourth-order valence-corrected chi connectivity index (χ4v) is 4.53. The summed E-state index contributed by atoms with van der Waals surface area (Å²) < 4.78 is 29.0. The minimum Gasteiger partial charge on any atom is -0.505 e. The first-order chi connectivity index (χ1) is 17.7. The van der Waals surface area contributed by atoms with Crippen molar-refractivity contribution in [2.24, 2.45) is 0 Å². The molecule has 4 heterocycles. The molecule has 4 N–H and O–H groups in total. The van der Waals surface area contributed by atoms with Crippen molar-refractivity contribution in [1.29, 1.82) is 0 Å². The van der Waals surface area contributed by atoms with E-state index in [0.717, 1.165) is 11.6 Å². The van der Waals surface area contributed by atoms with Gasteiger partial charge in [0.05, 0.1) is 17.5 Å². The predicted octanol–water partition coefficient (Wildman–Crippen LogP) is 3.00. The largest absolute Gasteiger partial charge is 0.505 e. The summed E-state index contributed by atoms with van der Waals surface area (Å²) in [6, 6.07) is 9.74. The van der Waals surface area contributed by atoms with Gasteiger partial charge in [0, 0.05) is 6.42 Å². The first-order valence-electron chi connectivity index (χ1n) is 11.2. The summed E-state index contributed by atoms with van der Waals surface area (Å²) >= 11 is 0. The van der Waals surface area contributed by atoms with Crippen molar-refractivity contribution in [1.82, 2.24) is 29.5 Å². The molecule has 0 radical (unpaired) electrons. The van der Waals surface area contributed by atoms with Crippen molar-refractivity contribution >= 4 is 23.2 Å². The first kappa shape index (κ1) is 22.5. The molecule has 1 aliphatic rings. The Morgan fingerprint density at radius 1 is 1.11 bits per heavy atom. The number of hydrogen-bond acceptors (Lipinski definition) is 8. The number of rotatable bonds is 4. The quantitative estimate of drug-likeness (QED) is 0.342. The zero-order chi connectivity index (χ0) is 25.9. The Morgan fingerprint density at radius 3 is 2.65 bits per heavy atom. The molecular weight excluding hydrogens is 482 g/mol. The third kappa shape index (κ3) is 3.53. The number of aromatic hydroxyl groups is 1. The van der Waals surface area contributed by atoms with E-state index in [1.54, 1.807) is 25.3 Å². The summed E-state index contributed by atoms with van der Waals surface area (Å²) in [5.41, 5.74) is 7.73. The number of anilines is 2. The molecule has 184 valence electrons. The number of fused-ring (bicyclic) bond motifs is 2. The van der Waals surface area contributed by atoms with Gasteiger partial charge in [-0.05, 0) is 42.3 Å². The molecule has 0 saturated heterocycles. The molecule has 1 atom stereocenters. The van der Waals surface area contributed by atoms with Crippen molar-refractivity contribution in [2.75, 3.05) is 11.1 Å². The van der Waals surface area contributed by atoms with Crippen LogP contribution in [0.4, 0.5) is 20.4 Å². The molecule has 0 fully saturated rings. The van der Waals surface area contributed by atoms with Gasteiger partial charge in [-0.2, -0.15) is 5.10 Å². The Hall–Kier alpha value is -5.00. The van der Waals surface area contributed by atoms with E-state index in [2.05, 4.69) is 30.4 Å². The molecule has 2 aromatic carbocycles. The van der Waals surface area contributed by atoms with Crippen LogP contribution < -0.4 is 11.1 Å². The number of carbonyl (C=O) groups excluding carboxylic acids is 1. The number of aromatic nitrogens is 6. The summed E-state index contributed by atoms with van der Waals surface area (Å²) in [6.45, 7) is 1.58. The fourth-order valence-electron chi connectivity index (χ4n) is 4.53. The average Bonchev–Trinajstić information content (AvgIpc) is 3.45. The summed E-state index contributed by atoms with van der Waals surface area (Å²) in [6.07, 6.45) is 3.32. The van der Waals surface area contributed by atoms with Gasteiger partial charge in [-0.15, -0.1) is 0 Å². The molecule has 0 bridgehead atoms. The molecule has 37 heavy (non-hydrogen) atoms. The van der Waals surface area contributed by atoms with Crippen LogP contribution >= 0.6 is 0 Å². The van der Waals surface area contributed by atoms with Gasteiger partial charge in [0.15, 0.2) is 23.0 Å². The molecule has 0 spiro atoms. The lowest BCUT2D eigenvalue weighted by Crippen LogP contribution is -2.33. The Kier molecular flexibility index (Phi) is 4.87. The second-order valence-corrected chi connectivity index (χ2v) is 8.81. The third-order valence-corrected chi connectivity index (χ3v) is 6.49. The van der Waals surface area contributed by atoms with Crippen molar-refractivity contribution in [2.45, 2.75) is 18.8 Å². The molecule has 12 heteroatoms. The number of hydrogen-bond donors (Lipinski definition) is 3. The Bertz CT molecular complexity index is 1720. The van der Waals surface area contributed by atoms with E-state index in [-0.39, 0.29) is 28.8 Å². The number of nitrogen functional groups attached to an aromatic ring is 1. The number of nitrogens with one attached hydrogen (secondary N) is 1. The highest BCUT2D eigenvalue weighted by Gasteiger charge is 2.48. The van der Waals surface area contributed by atoms with Gasteiger partial charge in [0.25, 0.3) is 0 Å². The van der Waals surface area contributed by atoms with Gasteiger partial charge in [0.2, 0.25) is 5.91 Å². The number of phenolic OH excluding ortho intramolecular Hbond substituents is 1. The third-order valence-electron chi connectivity index (χ3n) is 6.49. The molecule has 0 saturated carbocycles. The number of carbonyl (C=O) groups is 1. The lowest BCUT2D eigenvalue weighted by Gasteiger charge is -2.23. The molecule has 10 nitrogen and oxygen atoms in total. The highest BCUT2D eigenvalue weighted by molar-refractivity contribution is 6.09. The predicted molar refractivity (Wildman–Crippen MR) is 129 cm³/mol. The fraction of sp³-hybridized carbons (Fsp3) is 0.120. The highest BCUT2D eigenvalue weighted by atomic mass is 19.1. The van der Waals surface area contributed by atoms with E-state index < -0.39 is 22.9 Å². The van der Waals surface area contributed by atoms with E-state index in [4.69, 9.17) is 5.73 Å². The second kappa shape index (κ2) is 8.01. The number of nitrogens with two attached hydrogens (primary N) is 1. The van der Waals surface area contributed by atoms with Crippen LogP contribution in [-0.2, 0) is 16.6 Å². The molecular formula is C25H18F2N8O2. The molecule has 0 aliphatic carbocycles. The summed E-state index contributed by atoms with van der Waals surface area (Å²) in [5, 5.41) is 16.5. The highest BCUT2D eigenvalue weighted by Crippen LogP contribution is 2.45. The lowest BCUT2D eigenvalue weighted by molar-refractivity contribution is -0.119. The van der Waals surface area contributed by atoms with Crippen LogP contribution in [0.25, 0.3) is 17.2 Å². The smallest absolute Gasteiger partial charge is 0.240 e. The molecule has 1 amide bonds. The van der Waals surface area contributed by atoms with E-state index in [9.17, 15) is 18.7 Å². The number of benzene rings is 2. The van der Waals surface area contributed by atoms with Gasteiger partial charge in [-0.3, -0.25) is 4.79 Å². The van der Waals surface area contributed by atoms with Gasteiger partial charge < -0.3 is 16.2 Å². The number of halogens is 2. The van der Waals surface area contributed by atoms with Crippen LogP contribution in [0.15, 0.2) is 55.0 Å². The summed E-state index contributed by atoms with van der Waals surface area (Å²) in [4.78, 5) is 31.0. The monoisotopic (exact) mass is 500 g/mol. The van der Waals surface area contributed by atoms with Crippen molar-refractivity contribution < 1.29 is 18.7 Å². The molecule has 1 unspecified atom stereocenters. The van der Waals surface area contributed by atoms with Crippen LogP contribution in [0, 0.1) is 11.6 Å². The van der Waals surface area contributed by atoms with Gasteiger partial charge in [-0.25, -0.2) is 33.2 Å². The average molecular weight is 500 g/mol. The first-order valence-corrected chi connectivity index (χ1v) is 11.2. The SMILES string of the molecule is CC1(c2ccc(O)c(F)c2)C(=O)Nc2nc(-c3cn4ncnc4c(Cc4ccc(F)cc4)n3)nc(N)c21. The zero-order valence-corrected chi connectivity index (χ0v) is 19.3. The van der Waals surface area contributed by atoms with Crippen LogP contribution in [0.3, 0.4) is 0 Å². The van der Waals surface area contributed by atoms with Crippen LogP contribution in [-0.4, -0.2) is 40.6 Å². The van der Waals surface area contributed by atoms with Gasteiger partial charge >= 0.3 is 0 Å². The number of phenols is 1. The molecule has 5 aromatic rings. The zero-order valence-electron chi connectivity index (χ0n) is 19.3. The van der Waals surface area contributed by atoms with Crippen molar-refractivity contribution in [3.05, 3.63) is 89.0 Å². The number of amides is 1. The molecule has 6 rings (SSSR count). The molecule has 1 aliphatic heterocycles. The van der Waals surface area contributed by atoms with E-state index in [0.29, 0.717) is 29.0 Å². The normalized spacial score (nSPS) is 16.7. The maximum Gasteiger partial charge on any atom is 0.240 e. The Labute approximate surface area is 207 Å². The summed E-state index contributed by atoms with van der Waals surface area (Å²) in [7, 11) is 0. The maximum absolute atomic E-state index is 14.1. The van der Waals surface area contributed by atoms with Crippen LogP contribution in [0.2, 0.25) is 0 Å². The van der Waals surface area contributed by atoms with Crippen molar-refractivity contribution in [3.8, 4) is 17.3 Å². The van der Waals surface area contributed by atoms with E-state index in [1.165, 1.54) is 35.1 Å². The minimum atomic E-state index is -1.39. The summed E-state index contributed by atoms with van der Waals surface area (Å²) in [5.74, 6) is -1.90. The maximum atomic E-state index is 14.1.